The lowest BCUT2D eigenvalue weighted by Gasteiger charge is -2.20. The maximum atomic E-state index is 4.36. The minimum Gasteiger partial charge on any atom is -0.316 e. The molecule has 0 bridgehead atoms. The van der Waals surface area contributed by atoms with E-state index in [0.717, 1.165) is 37.8 Å². The fourth-order valence-corrected chi connectivity index (χ4v) is 3.74. The summed E-state index contributed by atoms with van der Waals surface area (Å²) in [6.07, 6.45) is 10.7. The zero-order valence-electron chi connectivity index (χ0n) is 13.0. The van der Waals surface area contributed by atoms with E-state index in [1.165, 1.54) is 48.5 Å². The van der Waals surface area contributed by atoms with Crippen molar-refractivity contribution in [1.82, 2.24) is 15.5 Å². The van der Waals surface area contributed by atoms with Crippen LogP contribution in [0.1, 0.15) is 62.4 Å². The van der Waals surface area contributed by atoms with E-state index in [9.17, 15) is 0 Å². The second kappa shape index (κ2) is 8.73. The van der Waals surface area contributed by atoms with Crippen LogP contribution in [-0.2, 0) is 12.8 Å². The zero-order chi connectivity index (χ0) is 14.2. The number of hydrogen-bond donors (Lipinski definition) is 1. The van der Waals surface area contributed by atoms with Crippen LogP contribution in [0.3, 0.4) is 0 Å². The normalized spacial score (nSPS) is 16.9. The van der Waals surface area contributed by atoms with Crippen LogP contribution in [0.4, 0.5) is 0 Å². The van der Waals surface area contributed by atoms with Crippen LogP contribution >= 0.6 is 11.3 Å². The van der Waals surface area contributed by atoms with Crippen LogP contribution in [0.15, 0.2) is 0 Å². The highest BCUT2D eigenvalue weighted by molar-refractivity contribution is 7.11. The summed E-state index contributed by atoms with van der Waals surface area (Å²) in [6.45, 7) is 6.59. The number of aromatic nitrogens is 2. The molecular formula is C16H29N3S. The molecule has 1 aromatic rings. The first-order valence-electron chi connectivity index (χ1n) is 8.26. The lowest BCUT2D eigenvalue weighted by Crippen LogP contribution is -2.22. The van der Waals surface area contributed by atoms with Gasteiger partial charge in [0.2, 0.25) is 0 Å². The molecule has 0 amide bonds. The molecule has 0 aromatic carbocycles. The van der Waals surface area contributed by atoms with Gasteiger partial charge in [0.25, 0.3) is 0 Å². The summed E-state index contributed by atoms with van der Waals surface area (Å²) in [6, 6.07) is 0. The van der Waals surface area contributed by atoms with Gasteiger partial charge in [-0.2, -0.15) is 0 Å². The van der Waals surface area contributed by atoms with Crippen LogP contribution < -0.4 is 5.32 Å². The molecule has 1 N–H and O–H groups in total. The third-order valence-electron chi connectivity index (χ3n) is 4.07. The molecular weight excluding hydrogens is 266 g/mol. The van der Waals surface area contributed by atoms with Gasteiger partial charge in [-0.25, -0.2) is 0 Å². The third-order valence-corrected chi connectivity index (χ3v) is 5.11. The highest BCUT2D eigenvalue weighted by Gasteiger charge is 2.14. The first kappa shape index (κ1) is 15.9. The van der Waals surface area contributed by atoms with Gasteiger partial charge in [-0.15, -0.1) is 21.5 Å². The standard InChI is InChI=1S/C16H29N3S/c1-13(2)12-17-11-10-16-19-18-15(20-16)9-8-14-6-4-3-5-7-14/h13-14,17H,3-12H2,1-2H3. The summed E-state index contributed by atoms with van der Waals surface area (Å²) < 4.78 is 0. The van der Waals surface area contributed by atoms with Crippen LogP contribution in [0.2, 0.25) is 0 Å². The SMILES string of the molecule is CC(C)CNCCc1nnc(CCC2CCCCC2)s1. The average molecular weight is 295 g/mol. The Balaban J connectivity index is 1.63. The fraction of sp³-hybridized carbons (Fsp3) is 0.875. The second-order valence-electron chi connectivity index (χ2n) is 6.48. The minimum absolute atomic E-state index is 0.718. The maximum Gasteiger partial charge on any atom is 0.118 e. The number of nitrogens with zero attached hydrogens (tertiary/aromatic N) is 2. The van der Waals surface area contributed by atoms with E-state index in [0.29, 0.717) is 0 Å². The molecule has 0 spiro atoms. The van der Waals surface area contributed by atoms with Gasteiger partial charge in [-0.05, 0) is 24.8 Å². The van der Waals surface area contributed by atoms with Gasteiger partial charge in [-0.1, -0.05) is 46.0 Å². The Morgan fingerprint density at radius 1 is 1.10 bits per heavy atom. The Kier molecular flexibility index (Phi) is 6.94. The van der Waals surface area contributed by atoms with E-state index >= 15 is 0 Å². The van der Waals surface area contributed by atoms with Gasteiger partial charge < -0.3 is 5.32 Å². The summed E-state index contributed by atoms with van der Waals surface area (Å²) in [7, 11) is 0. The van der Waals surface area contributed by atoms with E-state index in [1.54, 1.807) is 0 Å². The van der Waals surface area contributed by atoms with E-state index < -0.39 is 0 Å². The maximum absolute atomic E-state index is 4.36. The molecule has 1 aliphatic carbocycles. The van der Waals surface area contributed by atoms with Crippen molar-refractivity contribution < 1.29 is 0 Å². The number of aryl methyl sites for hydroxylation is 1. The average Bonchev–Trinajstić information content (AvgIpc) is 2.90. The topological polar surface area (TPSA) is 37.8 Å². The van der Waals surface area contributed by atoms with Gasteiger partial charge in [-0.3, -0.25) is 0 Å². The van der Waals surface area contributed by atoms with Crippen LogP contribution in [-0.4, -0.2) is 23.3 Å². The number of rotatable bonds is 8. The fourth-order valence-electron chi connectivity index (χ4n) is 2.88. The molecule has 0 unspecified atom stereocenters. The minimum atomic E-state index is 0.718. The summed E-state index contributed by atoms with van der Waals surface area (Å²) in [5, 5.41) is 14.6. The molecule has 0 radical (unpaired) electrons. The van der Waals surface area contributed by atoms with Crippen molar-refractivity contribution in [2.75, 3.05) is 13.1 Å². The van der Waals surface area contributed by atoms with Crippen molar-refractivity contribution in [2.45, 2.75) is 65.2 Å². The Morgan fingerprint density at radius 3 is 2.50 bits per heavy atom. The van der Waals surface area contributed by atoms with Crippen molar-refractivity contribution >= 4 is 11.3 Å². The van der Waals surface area contributed by atoms with Crippen LogP contribution in [0.5, 0.6) is 0 Å². The second-order valence-corrected chi connectivity index (χ2v) is 7.63. The first-order chi connectivity index (χ1) is 9.74. The molecule has 0 aliphatic heterocycles. The Morgan fingerprint density at radius 2 is 1.80 bits per heavy atom. The van der Waals surface area contributed by atoms with Crippen molar-refractivity contribution in [2.24, 2.45) is 11.8 Å². The Bertz CT molecular complexity index is 370. The van der Waals surface area contributed by atoms with E-state index in [4.69, 9.17) is 0 Å². The molecule has 3 nitrogen and oxygen atoms in total. The van der Waals surface area contributed by atoms with E-state index in [2.05, 4.69) is 29.4 Å². The Hall–Kier alpha value is -0.480. The third kappa shape index (κ3) is 5.88. The molecule has 1 fully saturated rings. The van der Waals surface area contributed by atoms with Gasteiger partial charge in [0.15, 0.2) is 0 Å². The number of hydrogen-bond acceptors (Lipinski definition) is 4. The van der Waals surface area contributed by atoms with Crippen LogP contribution in [0, 0.1) is 11.8 Å². The molecule has 1 heterocycles. The van der Waals surface area contributed by atoms with Gasteiger partial charge in [0.05, 0.1) is 0 Å². The molecule has 0 saturated heterocycles. The smallest absolute Gasteiger partial charge is 0.118 e. The molecule has 4 heteroatoms. The molecule has 1 saturated carbocycles. The summed E-state index contributed by atoms with van der Waals surface area (Å²) in [5.74, 6) is 1.67. The highest BCUT2D eigenvalue weighted by Crippen LogP contribution is 2.27. The molecule has 114 valence electrons. The molecule has 1 aromatic heterocycles. The molecule has 2 rings (SSSR count). The van der Waals surface area contributed by atoms with Crippen molar-refractivity contribution in [1.29, 1.82) is 0 Å². The lowest BCUT2D eigenvalue weighted by atomic mass is 9.86. The predicted octanol–water partition coefficient (Wildman–Crippen LogP) is 3.84. The monoisotopic (exact) mass is 295 g/mol. The summed E-state index contributed by atoms with van der Waals surface area (Å²) in [5.41, 5.74) is 0. The van der Waals surface area contributed by atoms with E-state index in [-0.39, 0.29) is 0 Å². The zero-order valence-corrected chi connectivity index (χ0v) is 13.8. The lowest BCUT2D eigenvalue weighted by molar-refractivity contribution is 0.339. The summed E-state index contributed by atoms with van der Waals surface area (Å²) >= 11 is 1.82. The van der Waals surface area contributed by atoms with Crippen LogP contribution in [0.25, 0.3) is 0 Å². The van der Waals surface area contributed by atoms with Gasteiger partial charge >= 0.3 is 0 Å². The van der Waals surface area contributed by atoms with Crippen molar-refractivity contribution in [3.8, 4) is 0 Å². The summed E-state index contributed by atoms with van der Waals surface area (Å²) in [4.78, 5) is 0. The molecule has 20 heavy (non-hydrogen) atoms. The van der Waals surface area contributed by atoms with E-state index in [1.807, 2.05) is 11.3 Å². The quantitative estimate of drug-likeness (QED) is 0.740. The van der Waals surface area contributed by atoms with Gasteiger partial charge in [0.1, 0.15) is 10.0 Å². The molecule has 1 aliphatic rings. The number of nitrogens with one attached hydrogen (secondary N) is 1. The largest absolute Gasteiger partial charge is 0.316 e. The molecule has 0 atom stereocenters. The van der Waals surface area contributed by atoms with Gasteiger partial charge in [0, 0.05) is 19.4 Å². The highest BCUT2D eigenvalue weighted by atomic mass is 32.1. The predicted molar refractivity (Wildman–Crippen MR) is 86.2 cm³/mol. The first-order valence-corrected chi connectivity index (χ1v) is 9.07. The van der Waals surface area contributed by atoms with Crippen molar-refractivity contribution in [3.05, 3.63) is 10.0 Å². The Labute approximate surface area is 127 Å². The van der Waals surface area contributed by atoms with Crippen molar-refractivity contribution in [3.63, 3.8) is 0 Å².